The average Bonchev–Trinajstić information content (AvgIpc) is 3.28. The zero-order valence-electron chi connectivity index (χ0n) is 19.6. The number of amides is 2. The summed E-state index contributed by atoms with van der Waals surface area (Å²) in [6.45, 7) is 5.56. The van der Waals surface area contributed by atoms with Gasteiger partial charge in [-0.05, 0) is 38.5 Å². The summed E-state index contributed by atoms with van der Waals surface area (Å²) in [5, 5.41) is 14.1. The number of nitrogens with one attached hydrogen (secondary N) is 1. The third-order valence-electron chi connectivity index (χ3n) is 5.66. The Kier molecular flexibility index (Phi) is 8.01. The molecule has 3 rings (SSSR count). The number of ketones is 1. The van der Waals surface area contributed by atoms with Gasteiger partial charge in [-0.25, -0.2) is 0 Å². The number of aliphatic hydroxyl groups is 1. The van der Waals surface area contributed by atoms with Gasteiger partial charge in [0.25, 0.3) is 5.91 Å². The molecule has 2 aromatic carbocycles. The zero-order valence-corrected chi connectivity index (χ0v) is 20.4. The molecule has 6 N–H and O–H groups in total. The quantitative estimate of drug-likeness (QED) is 0.348. The molecular formula is C25H32N4O4S. The molecule has 8 nitrogen and oxygen atoms in total. The van der Waals surface area contributed by atoms with Crippen molar-refractivity contribution in [2.75, 3.05) is 17.4 Å². The van der Waals surface area contributed by atoms with E-state index < -0.39 is 41.3 Å². The van der Waals surface area contributed by atoms with Crippen LogP contribution in [-0.4, -0.2) is 56.9 Å². The normalized spacial score (nSPS) is 18.7. The number of hydrogen-bond acceptors (Lipinski definition) is 7. The maximum absolute atomic E-state index is 13.6. The molecule has 1 aliphatic rings. The van der Waals surface area contributed by atoms with Crippen LogP contribution in [0.15, 0.2) is 54.6 Å². The Morgan fingerprint density at radius 3 is 2.32 bits per heavy atom. The molecule has 4 atom stereocenters. The number of para-hydroxylation sites is 1. The van der Waals surface area contributed by atoms with Crippen molar-refractivity contribution in [2.45, 2.75) is 44.5 Å². The molecule has 1 aliphatic heterocycles. The van der Waals surface area contributed by atoms with Gasteiger partial charge in [-0.1, -0.05) is 42.5 Å². The van der Waals surface area contributed by atoms with E-state index in [4.69, 9.17) is 11.5 Å². The van der Waals surface area contributed by atoms with Gasteiger partial charge < -0.3 is 26.8 Å². The number of nitrogen functional groups attached to an aromatic ring is 1. The van der Waals surface area contributed by atoms with Crippen molar-refractivity contribution in [2.24, 2.45) is 11.7 Å². The predicted molar refractivity (Wildman–Crippen MR) is 134 cm³/mol. The van der Waals surface area contributed by atoms with E-state index in [9.17, 15) is 19.5 Å². The molecule has 9 heteroatoms. The van der Waals surface area contributed by atoms with Crippen LogP contribution in [0.25, 0.3) is 0 Å². The fourth-order valence-corrected chi connectivity index (χ4v) is 5.10. The third kappa shape index (κ3) is 5.78. The Labute approximate surface area is 204 Å². The summed E-state index contributed by atoms with van der Waals surface area (Å²) < 4.78 is 0. The van der Waals surface area contributed by atoms with Gasteiger partial charge in [-0.15, -0.1) is 11.8 Å². The van der Waals surface area contributed by atoms with E-state index in [0.29, 0.717) is 11.3 Å². The number of thioether (sulfide) groups is 1. The minimum absolute atomic E-state index is 0.184. The smallest absolute Gasteiger partial charge is 0.253 e. The summed E-state index contributed by atoms with van der Waals surface area (Å²) in [4.78, 5) is 41.2. The largest absolute Gasteiger partial charge is 0.398 e. The van der Waals surface area contributed by atoms with E-state index in [2.05, 4.69) is 5.32 Å². The molecule has 0 aromatic heterocycles. The Hall–Kier alpha value is -2.88. The molecule has 182 valence electrons. The van der Waals surface area contributed by atoms with Crippen LogP contribution in [0.5, 0.6) is 0 Å². The number of anilines is 1. The Balaban J connectivity index is 1.93. The van der Waals surface area contributed by atoms with E-state index >= 15 is 0 Å². The number of nitrogens with zero attached hydrogens (tertiary/aromatic N) is 1. The molecule has 2 amide bonds. The van der Waals surface area contributed by atoms with Crippen LogP contribution in [0.1, 0.15) is 42.7 Å². The van der Waals surface area contributed by atoms with Crippen molar-refractivity contribution in [1.29, 1.82) is 0 Å². The highest BCUT2D eigenvalue weighted by molar-refractivity contribution is 7.99. The van der Waals surface area contributed by atoms with Crippen molar-refractivity contribution in [3.05, 3.63) is 65.7 Å². The minimum atomic E-state index is -1.76. The Morgan fingerprint density at radius 1 is 1.09 bits per heavy atom. The van der Waals surface area contributed by atoms with E-state index in [1.54, 1.807) is 48.5 Å². The lowest BCUT2D eigenvalue weighted by Crippen LogP contribution is -2.56. The summed E-state index contributed by atoms with van der Waals surface area (Å²) in [6, 6.07) is 13.6. The molecule has 1 heterocycles. The highest BCUT2D eigenvalue weighted by Crippen LogP contribution is 2.31. The summed E-state index contributed by atoms with van der Waals surface area (Å²) in [6.07, 6.45) is -1.76. The Morgan fingerprint density at radius 2 is 1.71 bits per heavy atom. The second kappa shape index (κ2) is 10.6. The first kappa shape index (κ1) is 25.7. The van der Waals surface area contributed by atoms with Gasteiger partial charge in [-0.3, -0.25) is 14.4 Å². The molecule has 1 saturated heterocycles. The monoisotopic (exact) mass is 484 g/mol. The van der Waals surface area contributed by atoms with Crippen LogP contribution < -0.4 is 16.8 Å². The van der Waals surface area contributed by atoms with E-state index in [1.165, 1.54) is 16.7 Å². The van der Waals surface area contributed by atoms with E-state index in [0.717, 1.165) is 0 Å². The van der Waals surface area contributed by atoms with Gasteiger partial charge >= 0.3 is 0 Å². The molecule has 0 bridgehead atoms. The summed E-state index contributed by atoms with van der Waals surface area (Å²) in [5.41, 5.74) is 13.0. The summed E-state index contributed by atoms with van der Waals surface area (Å²) >= 11 is 1.41. The van der Waals surface area contributed by atoms with Crippen molar-refractivity contribution in [1.82, 2.24) is 10.2 Å². The number of benzene rings is 2. The summed E-state index contributed by atoms with van der Waals surface area (Å²) in [5.74, 6) is -2.21. The zero-order chi connectivity index (χ0) is 25.0. The number of carbonyl (C=O) groups excluding carboxylic acids is 3. The molecule has 34 heavy (non-hydrogen) atoms. The first-order valence-electron chi connectivity index (χ1n) is 11.1. The fourth-order valence-electron chi connectivity index (χ4n) is 3.94. The van der Waals surface area contributed by atoms with Crippen molar-refractivity contribution in [3.8, 4) is 0 Å². The summed E-state index contributed by atoms with van der Waals surface area (Å²) in [7, 11) is 0. The van der Waals surface area contributed by atoms with Crippen LogP contribution >= 0.6 is 11.8 Å². The number of aliphatic hydroxyl groups excluding tert-OH is 1. The molecule has 0 radical (unpaired) electrons. The second-order valence-electron chi connectivity index (χ2n) is 9.42. The number of carbonyl (C=O) groups is 3. The lowest BCUT2D eigenvalue weighted by atomic mass is 9.82. The van der Waals surface area contributed by atoms with Crippen molar-refractivity contribution in [3.63, 3.8) is 0 Å². The molecule has 2 aromatic rings. The highest BCUT2D eigenvalue weighted by atomic mass is 32.2. The molecule has 0 saturated carbocycles. The third-order valence-corrected chi connectivity index (χ3v) is 6.67. The second-order valence-corrected chi connectivity index (χ2v) is 10.4. The highest BCUT2D eigenvalue weighted by Gasteiger charge is 2.44. The maximum Gasteiger partial charge on any atom is 0.253 e. The standard InChI is InChI=1S/C25H32N4O4S/c1-25(2,3)28-23(32)18-13-34-14-29(18)24(33)22(31)19(20(27)15-9-5-4-6-10-15)21(30)16-11-7-8-12-17(16)26/h4-12,18-20,22,31H,13-14,26-27H2,1-3H3,(H,28,32)/t18-,19?,20?,22?/m0/s1. The number of rotatable bonds is 7. The van der Waals surface area contributed by atoms with Crippen molar-refractivity contribution >= 4 is 35.0 Å². The van der Waals surface area contributed by atoms with Crippen LogP contribution in [0.3, 0.4) is 0 Å². The molecule has 0 spiro atoms. The number of hydrogen-bond donors (Lipinski definition) is 4. The average molecular weight is 485 g/mol. The van der Waals surface area contributed by atoms with Gasteiger partial charge in [0, 0.05) is 28.6 Å². The van der Waals surface area contributed by atoms with Crippen molar-refractivity contribution < 1.29 is 19.5 Å². The van der Waals surface area contributed by atoms with E-state index in [1.807, 2.05) is 26.8 Å². The first-order valence-corrected chi connectivity index (χ1v) is 12.2. The molecule has 3 unspecified atom stereocenters. The fraction of sp³-hybridized carbons (Fsp3) is 0.400. The number of Topliss-reactive ketones (excluding diaryl/α,β-unsaturated/α-hetero) is 1. The van der Waals surface area contributed by atoms with Crippen LogP contribution in [-0.2, 0) is 9.59 Å². The molecule has 1 fully saturated rings. The lowest BCUT2D eigenvalue weighted by Gasteiger charge is -2.32. The topological polar surface area (TPSA) is 139 Å². The molecular weight excluding hydrogens is 452 g/mol. The van der Waals surface area contributed by atoms with Crippen LogP contribution in [0.4, 0.5) is 5.69 Å². The van der Waals surface area contributed by atoms with Crippen LogP contribution in [0, 0.1) is 5.92 Å². The minimum Gasteiger partial charge on any atom is -0.398 e. The predicted octanol–water partition coefficient (Wildman–Crippen LogP) is 1.94. The van der Waals surface area contributed by atoms with Crippen LogP contribution in [0.2, 0.25) is 0 Å². The first-order chi connectivity index (χ1) is 16.0. The maximum atomic E-state index is 13.6. The van der Waals surface area contributed by atoms with Gasteiger partial charge in [0.15, 0.2) is 5.78 Å². The molecule has 0 aliphatic carbocycles. The van der Waals surface area contributed by atoms with Gasteiger partial charge in [0.05, 0.1) is 11.8 Å². The van der Waals surface area contributed by atoms with Gasteiger partial charge in [0.2, 0.25) is 5.91 Å². The van der Waals surface area contributed by atoms with Gasteiger partial charge in [0.1, 0.15) is 12.1 Å². The number of nitrogens with two attached hydrogens (primary N) is 2. The Bertz CT molecular complexity index is 1040. The van der Waals surface area contributed by atoms with E-state index in [-0.39, 0.29) is 23.0 Å². The van der Waals surface area contributed by atoms with Gasteiger partial charge in [-0.2, -0.15) is 0 Å². The SMILES string of the molecule is CC(C)(C)NC(=O)[C@@H]1CSCN1C(=O)C(O)C(C(=O)c1ccccc1N)C(N)c1ccccc1. The lowest BCUT2D eigenvalue weighted by molar-refractivity contribution is -0.147.